The van der Waals surface area contributed by atoms with Crippen molar-refractivity contribution >= 4 is 5.97 Å². The molecule has 1 atom stereocenters. The van der Waals surface area contributed by atoms with Gasteiger partial charge in [-0.15, -0.1) is 0 Å². The summed E-state index contributed by atoms with van der Waals surface area (Å²) >= 11 is 0. The van der Waals surface area contributed by atoms with E-state index in [1.165, 1.54) is 0 Å². The number of carboxylic acid groups (broad SMARTS) is 1. The van der Waals surface area contributed by atoms with Crippen LogP contribution in [0.3, 0.4) is 0 Å². The van der Waals surface area contributed by atoms with Crippen LogP contribution in [-0.4, -0.2) is 41.8 Å². The first-order valence-electron chi connectivity index (χ1n) is 5.86. The van der Waals surface area contributed by atoms with Crippen LogP contribution in [0, 0.1) is 11.8 Å². The summed E-state index contributed by atoms with van der Waals surface area (Å²) in [5.74, 6) is -3.62. The molecule has 1 rings (SSSR count). The Bertz CT molecular complexity index is 264. The van der Waals surface area contributed by atoms with Crippen molar-refractivity contribution in [1.29, 1.82) is 0 Å². The lowest BCUT2D eigenvalue weighted by atomic mass is 9.85. The Morgan fingerprint density at radius 1 is 1.47 bits per heavy atom. The molecular formula is C11H18F3NO2. The van der Waals surface area contributed by atoms with E-state index in [1.54, 1.807) is 11.8 Å². The molecule has 0 heterocycles. The highest BCUT2D eigenvalue weighted by molar-refractivity contribution is 5.71. The molecule has 1 unspecified atom stereocenters. The highest BCUT2D eigenvalue weighted by atomic mass is 19.4. The number of hydrogen-bond acceptors (Lipinski definition) is 2. The van der Waals surface area contributed by atoms with E-state index in [0.29, 0.717) is 19.0 Å². The molecule has 1 aliphatic carbocycles. The minimum atomic E-state index is -4.67. The van der Waals surface area contributed by atoms with E-state index in [4.69, 9.17) is 5.11 Å². The molecule has 0 radical (unpaired) electrons. The first kappa shape index (κ1) is 14.3. The van der Waals surface area contributed by atoms with Crippen LogP contribution in [0.5, 0.6) is 0 Å². The Morgan fingerprint density at radius 3 is 2.35 bits per heavy atom. The van der Waals surface area contributed by atoms with Gasteiger partial charge in [-0.3, -0.25) is 4.79 Å². The molecule has 17 heavy (non-hydrogen) atoms. The van der Waals surface area contributed by atoms with Gasteiger partial charge in [-0.1, -0.05) is 13.3 Å². The predicted octanol–water partition coefficient (Wildman–Crippen LogP) is 2.37. The number of rotatable bonds is 6. The average molecular weight is 253 g/mol. The molecular weight excluding hydrogens is 235 g/mol. The fourth-order valence-electron chi connectivity index (χ4n) is 1.95. The van der Waals surface area contributed by atoms with Gasteiger partial charge in [-0.2, -0.15) is 13.2 Å². The fourth-order valence-corrected chi connectivity index (χ4v) is 1.95. The maximum Gasteiger partial charge on any atom is 0.403 e. The molecule has 0 saturated heterocycles. The van der Waals surface area contributed by atoms with E-state index >= 15 is 0 Å². The predicted molar refractivity (Wildman–Crippen MR) is 56.6 cm³/mol. The molecule has 0 aliphatic heterocycles. The number of aliphatic carboxylic acids is 1. The second-order valence-electron chi connectivity index (χ2n) is 4.58. The molecule has 0 aromatic carbocycles. The number of nitrogens with zero attached hydrogens (tertiary/aromatic N) is 1. The Labute approximate surface area is 98.6 Å². The van der Waals surface area contributed by atoms with E-state index in [2.05, 4.69) is 0 Å². The summed E-state index contributed by atoms with van der Waals surface area (Å²) < 4.78 is 37.5. The van der Waals surface area contributed by atoms with E-state index < -0.39 is 24.6 Å². The van der Waals surface area contributed by atoms with Gasteiger partial charge in [0, 0.05) is 13.1 Å². The Morgan fingerprint density at radius 2 is 2.06 bits per heavy atom. The number of alkyl halides is 3. The maximum absolute atomic E-state index is 12.5. The highest BCUT2D eigenvalue weighted by Gasteiger charge is 2.45. The molecule has 1 fully saturated rings. The standard InChI is InChI=1S/C11H18F3NO2/c1-2-15(6-8-4-3-5-8)7-9(10(16)17)11(12,13)14/h8-9H,2-7H2,1H3,(H,16,17). The second-order valence-corrected chi connectivity index (χ2v) is 4.58. The molecule has 6 heteroatoms. The summed E-state index contributed by atoms with van der Waals surface area (Å²) in [6, 6.07) is 0. The summed E-state index contributed by atoms with van der Waals surface area (Å²) in [6.45, 7) is 2.35. The second kappa shape index (κ2) is 5.71. The molecule has 1 aliphatic rings. The lowest BCUT2D eigenvalue weighted by molar-refractivity contribution is -0.196. The third kappa shape index (κ3) is 4.18. The number of carbonyl (C=O) groups is 1. The van der Waals surface area contributed by atoms with Gasteiger partial charge >= 0.3 is 12.1 Å². The first-order valence-corrected chi connectivity index (χ1v) is 5.86. The van der Waals surface area contributed by atoms with Crippen molar-refractivity contribution in [2.45, 2.75) is 32.4 Å². The van der Waals surface area contributed by atoms with Crippen LogP contribution in [-0.2, 0) is 4.79 Å². The van der Waals surface area contributed by atoms with E-state index in [-0.39, 0.29) is 0 Å². The van der Waals surface area contributed by atoms with Gasteiger partial charge in [0.1, 0.15) is 0 Å². The summed E-state index contributed by atoms with van der Waals surface area (Å²) in [6.07, 6.45) is -1.46. The SMILES string of the molecule is CCN(CC1CCC1)CC(C(=O)O)C(F)(F)F. The van der Waals surface area contributed by atoms with E-state index in [9.17, 15) is 18.0 Å². The fraction of sp³-hybridized carbons (Fsp3) is 0.909. The first-order chi connectivity index (χ1) is 7.84. The summed E-state index contributed by atoms with van der Waals surface area (Å²) in [4.78, 5) is 12.2. The zero-order valence-corrected chi connectivity index (χ0v) is 9.83. The van der Waals surface area contributed by atoms with Crippen LogP contribution in [0.2, 0.25) is 0 Å². The van der Waals surface area contributed by atoms with Gasteiger partial charge in [0.25, 0.3) is 0 Å². The van der Waals surface area contributed by atoms with Crippen LogP contribution < -0.4 is 0 Å². The molecule has 100 valence electrons. The van der Waals surface area contributed by atoms with Crippen molar-refractivity contribution < 1.29 is 23.1 Å². The monoisotopic (exact) mass is 253 g/mol. The van der Waals surface area contributed by atoms with Crippen molar-refractivity contribution in [3.8, 4) is 0 Å². The summed E-state index contributed by atoms with van der Waals surface area (Å²) in [5, 5.41) is 8.61. The van der Waals surface area contributed by atoms with Crippen LogP contribution in [0.1, 0.15) is 26.2 Å². The molecule has 1 saturated carbocycles. The van der Waals surface area contributed by atoms with Crippen LogP contribution >= 0.6 is 0 Å². The van der Waals surface area contributed by atoms with Crippen LogP contribution in [0.15, 0.2) is 0 Å². The smallest absolute Gasteiger partial charge is 0.403 e. The zero-order valence-electron chi connectivity index (χ0n) is 9.83. The molecule has 0 aromatic rings. The van der Waals surface area contributed by atoms with Crippen molar-refractivity contribution in [2.75, 3.05) is 19.6 Å². The van der Waals surface area contributed by atoms with Crippen molar-refractivity contribution in [2.24, 2.45) is 11.8 Å². The lowest BCUT2D eigenvalue weighted by Gasteiger charge is -2.33. The molecule has 0 amide bonds. The van der Waals surface area contributed by atoms with E-state index in [1.807, 2.05) is 0 Å². The number of carboxylic acids is 1. The van der Waals surface area contributed by atoms with Gasteiger partial charge in [0.2, 0.25) is 0 Å². The maximum atomic E-state index is 12.5. The molecule has 3 nitrogen and oxygen atoms in total. The Balaban J connectivity index is 2.53. The van der Waals surface area contributed by atoms with Crippen LogP contribution in [0.4, 0.5) is 13.2 Å². The summed E-state index contributed by atoms with van der Waals surface area (Å²) in [7, 11) is 0. The minimum Gasteiger partial charge on any atom is -0.481 e. The lowest BCUT2D eigenvalue weighted by Crippen LogP contribution is -2.43. The molecule has 0 aromatic heterocycles. The van der Waals surface area contributed by atoms with Gasteiger partial charge in [-0.05, 0) is 25.3 Å². The average Bonchev–Trinajstić information content (AvgIpc) is 2.12. The van der Waals surface area contributed by atoms with Gasteiger partial charge in [-0.25, -0.2) is 0 Å². The third-order valence-corrected chi connectivity index (χ3v) is 3.32. The topological polar surface area (TPSA) is 40.5 Å². The third-order valence-electron chi connectivity index (χ3n) is 3.32. The van der Waals surface area contributed by atoms with Crippen molar-refractivity contribution in [1.82, 2.24) is 4.90 Å². The molecule has 0 bridgehead atoms. The van der Waals surface area contributed by atoms with E-state index in [0.717, 1.165) is 19.3 Å². The summed E-state index contributed by atoms with van der Waals surface area (Å²) in [5.41, 5.74) is 0. The van der Waals surface area contributed by atoms with Gasteiger partial charge in [0.15, 0.2) is 5.92 Å². The number of halogens is 3. The molecule has 1 N–H and O–H groups in total. The zero-order chi connectivity index (χ0) is 13.1. The quantitative estimate of drug-likeness (QED) is 0.790. The minimum absolute atomic E-state index is 0.439. The molecule has 0 spiro atoms. The Kier molecular flexibility index (Phi) is 4.80. The largest absolute Gasteiger partial charge is 0.481 e. The normalized spacial score (nSPS) is 19.1. The van der Waals surface area contributed by atoms with Gasteiger partial charge < -0.3 is 10.0 Å². The van der Waals surface area contributed by atoms with Gasteiger partial charge in [0.05, 0.1) is 0 Å². The Hall–Kier alpha value is -0.780. The van der Waals surface area contributed by atoms with Crippen molar-refractivity contribution in [3.63, 3.8) is 0 Å². The van der Waals surface area contributed by atoms with Crippen molar-refractivity contribution in [3.05, 3.63) is 0 Å². The van der Waals surface area contributed by atoms with Crippen LogP contribution in [0.25, 0.3) is 0 Å². The highest BCUT2D eigenvalue weighted by Crippen LogP contribution is 2.30. The number of hydrogen-bond donors (Lipinski definition) is 1.